The Morgan fingerprint density at radius 1 is 0.972 bits per heavy atom. The molecule has 3 aromatic carbocycles. The first-order chi connectivity index (χ1) is 17.3. The fraction of sp³-hybridized carbons (Fsp3) is 0.269. The van der Waals surface area contributed by atoms with Crippen molar-refractivity contribution >= 4 is 21.6 Å². The van der Waals surface area contributed by atoms with E-state index in [4.69, 9.17) is 18.9 Å². The van der Waals surface area contributed by atoms with Gasteiger partial charge in [-0.1, -0.05) is 18.2 Å². The summed E-state index contributed by atoms with van der Waals surface area (Å²) in [6, 6.07) is 17.6. The van der Waals surface area contributed by atoms with Crippen molar-refractivity contribution in [3.63, 3.8) is 0 Å². The Hall–Kier alpha value is -3.92. The highest BCUT2D eigenvalue weighted by Crippen LogP contribution is 2.36. The zero-order chi connectivity index (χ0) is 25.7. The predicted molar refractivity (Wildman–Crippen MR) is 135 cm³/mol. The second-order valence-electron chi connectivity index (χ2n) is 8.05. The quantitative estimate of drug-likeness (QED) is 0.468. The number of nitrogens with zero attached hydrogens (tertiary/aromatic N) is 1. The number of nitrogens with one attached hydrogen (secondary N) is 1. The van der Waals surface area contributed by atoms with Crippen LogP contribution in [-0.2, 0) is 14.8 Å². The summed E-state index contributed by atoms with van der Waals surface area (Å²) in [4.78, 5) is 13.3. The smallest absolute Gasteiger partial charge is 0.264 e. The van der Waals surface area contributed by atoms with Crippen molar-refractivity contribution < 1.29 is 32.2 Å². The summed E-state index contributed by atoms with van der Waals surface area (Å²) in [5.41, 5.74) is 0.979. The van der Waals surface area contributed by atoms with Gasteiger partial charge in [-0.15, -0.1) is 0 Å². The molecule has 3 aromatic rings. The van der Waals surface area contributed by atoms with Crippen LogP contribution >= 0.6 is 0 Å². The Morgan fingerprint density at radius 3 is 2.39 bits per heavy atom. The topological polar surface area (TPSA) is 103 Å². The highest BCUT2D eigenvalue weighted by atomic mass is 32.2. The molecule has 0 aliphatic carbocycles. The minimum absolute atomic E-state index is 0.0650. The molecule has 0 unspecified atom stereocenters. The summed E-state index contributed by atoms with van der Waals surface area (Å²) in [7, 11) is -0.981. The molecule has 0 fully saturated rings. The molecule has 4 rings (SSSR count). The van der Waals surface area contributed by atoms with E-state index in [1.807, 2.05) is 0 Å². The molecule has 1 heterocycles. The van der Waals surface area contributed by atoms with E-state index >= 15 is 0 Å². The Labute approximate surface area is 210 Å². The van der Waals surface area contributed by atoms with Crippen molar-refractivity contribution in [2.45, 2.75) is 17.9 Å². The molecule has 1 atom stereocenters. The van der Waals surface area contributed by atoms with Crippen molar-refractivity contribution in [2.75, 3.05) is 38.3 Å². The molecule has 1 aliphatic rings. The Balaban J connectivity index is 1.64. The molecule has 0 bridgehead atoms. The fourth-order valence-corrected chi connectivity index (χ4v) is 5.33. The summed E-state index contributed by atoms with van der Waals surface area (Å²) in [5.74, 6) is 1.62. The van der Waals surface area contributed by atoms with Crippen LogP contribution < -0.4 is 28.6 Å². The molecule has 0 spiro atoms. The predicted octanol–water partition coefficient (Wildman–Crippen LogP) is 3.55. The molecule has 1 N–H and O–H groups in total. The molecular formula is C26H28N2O7S. The zero-order valence-electron chi connectivity index (χ0n) is 20.3. The van der Waals surface area contributed by atoms with E-state index < -0.39 is 28.5 Å². The Morgan fingerprint density at radius 2 is 1.69 bits per heavy atom. The first-order valence-electron chi connectivity index (χ1n) is 11.3. The second-order valence-corrected chi connectivity index (χ2v) is 9.91. The lowest BCUT2D eigenvalue weighted by Gasteiger charge is -2.27. The number of ether oxygens (including phenoxy) is 4. The maximum atomic E-state index is 13.6. The largest absolute Gasteiger partial charge is 0.497 e. The van der Waals surface area contributed by atoms with Gasteiger partial charge < -0.3 is 24.3 Å². The Kier molecular flexibility index (Phi) is 7.54. The summed E-state index contributed by atoms with van der Waals surface area (Å²) >= 11 is 0. The van der Waals surface area contributed by atoms with E-state index in [1.54, 1.807) is 68.6 Å². The molecule has 0 saturated carbocycles. The second kappa shape index (κ2) is 10.8. The third-order valence-electron chi connectivity index (χ3n) is 5.71. The molecule has 0 radical (unpaired) electrons. The standard InChI is InChI=1S/C26H28N2O7S/c1-18(22-16-20(32-2)10-12-23(22)33-3)27-26(29)17-28(36(30,31)21-7-5-4-6-8-21)19-9-11-24-25(15-19)35-14-13-34-24/h4-12,15-16,18H,13-14,17H2,1-3H3,(H,27,29)/t18-/m1/s1. The van der Waals surface area contributed by atoms with Crippen molar-refractivity contribution in [1.29, 1.82) is 0 Å². The number of amides is 1. The lowest BCUT2D eigenvalue weighted by atomic mass is 10.1. The van der Waals surface area contributed by atoms with Gasteiger partial charge in [0.25, 0.3) is 10.0 Å². The number of carbonyl (C=O) groups excluding carboxylic acids is 1. The van der Waals surface area contributed by atoms with Gasteiger partial charge in [0.2, 0.25) is 5.91 Å². The molecule has 0 aromatic heterocycles. The lowest BCUT2D eigenvalue weighted by Crippen LogP contribution is -2.41. The van der Waals surface area contributed by atoms with Crippen molar-refractivity contribution in [3.8, 4) is 23.0 Å². The normalized spacial score (nSPS) is 13.4. The van der Waals surface area contributed by atoms with E-state index in [9.17, 15) is 13.2 Å². The summed E-state index contributed by atoms with van der Waals surface area (Å²) < 4.78 is 50.2. The molecule has 10 heteroatoms. The summed E-state index contributed by atoms with van der Waals surface area (Å²) in [6.07, 6.45) is 0. The van der Waals surface area contributed by atoms with Crippen LogP contribution in [0.5, 0.6) is 23.0 Å². The van der Waals surface area contributed by atoms with Gasteiger partial charge in [0.15, 0.2) is 11.5 Å². The van der Waals surface area contributed by atoms with Crippen LogP contribution in [0.3, 0.4) is 0 Å². The molecule has 190 valence electrons. The van der Waals surface area contributed by atoms with E-state index in [1.165, 1.54) is 19.2 Å². The molecular weight excluding hydrogens is 484 g/mol. The van der Waals surface area contributed by atoms with E-state index in [2.05, 4.69) is 5.32 Å². The lowest BCUT2D eigenvalue weighted by molar-refractivity contribution is -0.120. The number of sulfonamides is 1. The van der Waals surface area contributed by atoms with E-state index in [0.29, 0.717) is 41.8 Å². The maximum absolute atomic E-state index is 13.6. The van der Waals surface area contributed by atoms with Crippen LogP contribution in [0.2, 0.25) is 0 Å². The summed E-state index contributed by atoms with van der Waals surface area (Å²) in [6.45, 7) is 2.09. The first kappa shape index (κ1) is 25.2. The van der Waals surface area contributed by atoms with Gasteiger partial charge in [0.1, 0.15) is 31.3 Å². The highest BCUT2D eigenvalue weighted by molar-refractivity contribution is 7.92. The maximum Gasteiger partial charge on any atom is 0.264 e. The third kappa shape index (κ3) is 5.33. The van der Waals surface area contributed by atoms with Gasteiger partial charge in [-0.05, 0) is 49.4 Å². The molecule has 36 heavy (non-hydrogen) atoms. The average molecular weight is 513 g/mol. The average Bonchev–Trinajstić information content (AvgIpc) is 2.91. The van der Waals surface area contributed by atoms with Gasteiger partial charge in [-0.25, -0.2) is 8.42 Å². The number of hydrogen-bond donors (Lipinski definition) is 1. The SMILES string of the molecule is COc1ccc(OC)c([C@@H](C)NC(=O)CN(c2ccc3c(c2)OCCO3)S(=O)(=O)c2ccccc2)c1. The number of anilines is 1. The monoisotopic (exact) mass is 512 g/mol. The van der Waals surface area contributed by atoms with E-state index in [0.717, 1.165) is 4.31 Å². The van der Waals surface area contributed by atoms with Crippen LogP contribution in [0, 0.1) is 0 Å². The zero-order valence-corrected chi connectivity index (χ0v) is 21.1. The molecule has 0 saturated heterocycles. The van der Waals surface area contributed by atoms with Crippen LogP contribution in [0.15, 0.2) is 71.6 Å². The number of fused-ring (bicyclic) bond motifs is 1. The highest BCUT2D eigenvalue weighted by Gasteiger charge is 2.29. The number of benzene rings is 3. The molecule has 1 aliphatic heterocycles. The van der Waals surface area contributed by atoms with Crippen LogP contribution in [0.1, 0.15) is 18.5 Å². The minimum Gasteiger partial charge on any atom is -0.497 e. The van der Waals surface area contributed by atoms with Crippen molar-refractivity contribution in [2.24, 2.45) is 0 Å². The third-order valence-corrected chi connectivity index (χ3v) is 7.50. The van der Waals surface area contributed by atoms with Crippen LogP contribution in [0.25, 0.3) is 0 Å². The summed E-state index contributed by atoms with van der Waals surface area (Å²) in [5, 5.41) is 2.87. The van der Waals surface area contributed by atoms with Gasteiger partial charge in [-0.2, -0.15) is 0 Å². The van der Waals surface area contributed by atoms with Crippen LogP contribution in [0.4, 0.5) is 5.69 Å². The van der Waals surface area contributed by atoms with Gasteiger partial charge in [0.05, 0.1) is 30.8 Å². The molecule has 1 amide bonds. The van der Waals surface area contributed by atoms with Gasteiger partial charge >= 0.3 is 0 Å². The Bertz CT molecular complexity index is 1330. The van der Waals surface area contributed by atoms with Crippen molar-refractivity contribution in [1.82, 2.24) is 5.32 Å². The molecule has 9 nitrogen and oxygen atoms in total. The van der Waals surface area contributed by atoms with Crippen molar-refractivity contribution in [3.05, 3.63) is 72.3 Å². The number of methoxy groups -OCH3 is 2. The minimum atomic E-state index is -4.07. The number of rotatable bonds is 9. The first-order valence-corrected chi connectivity index (χ1v) is 12.8. The fourth-order valence-electron chi connectivity index (χ4n) is 3.90. The number of hydrogen-bond acceptors (Lipinski definition) is 7. The van der Waals surface area contributed by atoms with Gasteiger partial charge in [0, 0.05) is 11.6 Å². The number of carbonyl (C=O) groups is 1. The van der Waals surface area contributed by atoms with Gasteiger partial charge in [-0.3, -0.25) is 9.10 Å². The van der Waals surface area contributed by atoms with Crippen LogP contribution in [-0.4, -0.2) is 48.3 Å². The van der Waals surface area contributed by atoms with E-state index in [-0.39, 0.29) is 10.6 Å².